The van der Waals surface area contributed by atoms with Gasteiger partial charge in [0.2, 0.25) is 5.91 Å². The highest BCUT2D eigenvalue weighted by molar-refractivity contribution is 5.92. The Hall–Kier alpha value is -3.88. The van der Waals surface area contributed by atoms with Gasteiger partial charge in [0.15, 0.2) is 0 Å². The van der Waals surface area contributed by atoms with Gasteiger partial charge in [0.1, 0.15) is 34.9 Å². The molecule has 1 saturated heterocycles. The second kappa shape index (κ2) is 9.72. The Morgan fingerprint density at radius 3 is 2.55 bits per heavy atom. The van der Waals surface area contributed by atoms with Gasteiger partial charge < -0.3 is 15.1 Å². The van der Waals surface area contributed by atoms with Crippen LogP contribution >= 0.6 is 0 Å². The van der Waals surface area contributed by atoms with E-state index in [9.17, 15) is 13.6 Å². The van der Waals surface area contributed by atoms with E-state index in [0.29, 0.717) is 43.6 Å². The third-order valence-corrected chi connectivity index (χ3v) is 5.27. The predicted molar refractivity (Wildman–Crippen MR) is 123 cm³/mol. The predicted octanol–water partition coefficient (Wildman–Crippen LogP) is 3.87. The fraction of sp³-hybridized carbons (Fsp3) is 0.250. The van der Waals surface area contributed by atoms with Crippen molar-refractivity contribution in [3.8, 4) is 0 Å². The van der Waals surface area contributed by atoms with E-state index in [1.807, 2.05) is 32.0 Å². The molecule has 0 aliphatic carbocycles. The summed E-state index contributed by atoms with van der Waals surface area (Å²) in [5.41, 5.74) is 1.13. The zero-order valence-corrected chi connectivity index (χ0v) is 18.4. The zero-order chi connectivity index (χ0) is 23.4. The Morgan fingerprint density at radius 2 is 1.79 bits per heavy atom. The van der Waals surface area contributed by atoms with Crippen LogP contribution in [0.15, 0.2) is 48.7 Å². The van der Waals surface area contributed by atoms with Gasteiger partial charge in [0.25, 0.3) is 0 Å². The lowest BCUT2D eigenvalue weighted by atomic mass is 10.2. The lowest BCUT2D eigenvalue weighted by Gasteiger charge is -2.35. The van der Waals surface area contributed by atoms with Crippen LogP contribution in [0.4, 0.5) is 26.2 Å². The summed E-state index contributed by atoms with van der Waals surface area (Å²) < 4.78 is 27.1. The van der Waals surface area contributed by atoms with Crippen LogP contribution in [0.25, 0.3) is 6.08 Å². The van der Waals surface area contributed by atoms with E-state index >= 15 is 0 Å². The van der Waals surface area contributed by atoms with E-state index in [0.717, 1.165) is 29.6 Å². The summed E-state index contributed by atoms with van der Waals surface area (Å²) in [6.45, 7) is 5.97. The van der Waals surface area contributed by atoms with Crippen molar-refractivity contribution in [3.05, 3.63) is 77.3 Å². The summed E-state index contributed by atoms with van der Waals surface area (Å²) >= 11 is 0. The maximum atomic E-state index is 13.8. The SMILES string of the molecule is Cc1ccnc(Nc2cc(N3CCN(C(=O)/C=C/c4cc(F)ccc4F)CC3)nc(C)n2)c1. The molecule has 1 aromatic carbocycles. The van der Waals surface area contributed by atoms with Crippen LogP contribution in [0.2, 0.25) is 0 Å². The normalized spacial score (nSPS) is 14.1. The number of anilines is 3. The Morgan fingerprint density at radius 1 is 1.00 bits per heavy atom. The lowest BCUT2D eigenvalue weighted by molar-refractivity contribution is -0.126. The molecular formula is C24H24F2N6O. The van der Waals surface area contributed by atoms with Crippen molar-refractivity contribution >= 4 is 29.4 Å². The minimum absolute atomic E-state index is 0.0431. The number of hydrogen-bond acceptors (Lipinski definition) is 6. The summed E-state index contributed by atoms with van der Waals surface area (Å²) in [4.78, 5) is 29.6. The zero-order valence-electron chi connectivity index (χ0n) is 18.4. The Bertz CT molecular complexity index is 1190. The molecule has 1 amide bonds. The quantitative estimate of drug-likeness (QED) is 0.595. The Labute approximate surface area is 190 Å². The van der Waals surface area contributed by atoms with Gasteiger partial charge in [-0.3, -0.25) is 4.79 Å². The molecule has 9 heteroatoms. The van der Waals surface area contributed by atoms with Gasteiger partial charge in [-0.15, -0.1) is 0 Å². The number of hydrogen-bond donors (Lipinski definition) is 1. The second-order valence-corrected chi connectivity index (χ2v) is 7.81. The summed E-state index contributed by atoms with van der Waals surface area (Å²) in [6.07, 6.45) is 4.32. The molecule has 3 aromatic rings. The first kappa shape index (κ1) is 22.3. The standard InChI is InChI=1S/C24H24F2N6O/c1-16-7-8-27-21(13-16)30-22-15-23(29-17(2)28-22)31-9-11-32(12-10-31)24(33)6-3-18-14-19(25)4-5-20(18)26/h3-8,13-15H,9-12H2,1-2H3,(H,27,28,29,30)/b6-3+. The molecule has 3 heterocycles. The highest BCUT2D eigenvalue weighted by atomic mass is 19.1. The van der Waals surface area contributed by atoms with Crippen molar-refractivity contribution in [2.24, 2.45) is 0 Å². The third-order valence-electron chi connectivity index (χ3n) is 5.27. The van der Waals surface area contributed by atoms with Crippen molar-refractivity contribution in [1.82, 2.24) is 19.9 Å². The number of nitrogens with one attached hydrogen (secondary N) is 1. The molecule has 1 aliphatic rings. The number of benzene rings is 1. The smallest absolute Gasteiger partial charge is 0.246 e. The number of aromatic nitrogens is 3. The maximum absolute atomic E-state index is 13.8. The van der Waals surface area contributed by atoms with Gasteiger partial charge in [-0.25, -0.2) is 23.7 Å². The molecule has 0 saturated carbocycles. The van der Waals surface area contributed by atoms with Crippen molar-refractivity contribution in [3.63, 3.8) is 0 Å². The van der Waals surface area contributed by atoms with Crippen LogP contribution in [0.3, 0.4) is 0 Å². The molecule has 7 nitrogen and oxygen atoms in total. The van der Waals surface area contributed by atoms with Crippen LogP contribution < -0.4 is 10.2 Å². The van der Waals surface area contributed by atoms with E-state index < -0.39 is 11.6 Å². The summed E-state index contributed by atoms with van der Waals surface area (Å²) in [6, 6.07) is 8.87. The molecule has 1 N–H and O–H groups in total. The van der Waals surface area contributed by atoms with Gasteiger partial charge in [-0.2, -0.15) is 0 Å². The fourth-order valence-corrected chi connectivity index (χ4v) is 3.58. The molecule has 4 rings (SSSR count). The fourth-order valence-electron chi connectivity index (χ4n) is 3.58. The summed E-state index contributed by atoms with van der Waals surface area (Å²) in [7, 11) is 0. The van der Waals surface area contributed by atoms with E-state index in [4.69, 9.17) is 0 Å². The maximum Gasteiger partial charge on any atom is 0.246 e. The number of carbonyl (C=O) groups excluding carboxylic acids is 1. The van der Waals surface area contributed by atoms with E-state index in [-0.39, 0.29) is 11.5 Å². The molecule has 0 unspecified atom stereocenters. The first-order chi connectivity index (χ1) is 15.9. The molecule has 1 aliphatic heterocycles. The number of nitrogens with zero attached hydrogens (tertiary/aromatic N) is 5. The van der Waals surface area contributed by atoms with Crippen LogP contribution in [-0.4, -0.2) is 51.9 Å². The van der Waals surface area contributed by atoms with Gasteiger partial charge in [-0.1, -0.05) is 0 Å². The van der Waals surface area contributed by atoms with E-state index in [1.54, 1.807) is 11.1 Å². The molecule has 0 radical (unpaired) electrons. The number of piperazine rings is 1. The molecule has 33 heavy (non-hydrogen) atoms. The molecule has 2 aromatic heterocycles. The summed E-state index contributed by atoms with van der Waals surface area (Å²) in [5.74, 6) is 1.37. The minimum Gasteiger partial charge on any atom is -0.353 e. The molecule has 0 bridgehead atoms. The number of aryl methyl sites for hydroxylation is 2. The van der Waals surface area contributed by atoms with Crippen molar-refractivity contribution in [1.29, 1.82) is 0 Å². The Kier molecular flexibility index (Phi) is 6.58. The third kappa shape index (κ3) is 5.68. The number of amides is 1. The molecular weight excluding hydrogens is 426 g/mol. The van der Waals surface area contributed by atoms with E-state index in [2.05, 4.69) is 25.2 Å². The van der Waals surface area contributed by atoms with Crippen LogP contribution in [0, 0.1) is 25.5 Å². The van der Waals surface area contributed by atoms with Crippen LogP contribution in [0.5, 0.6) is 0 Å². The first-order valence-corrected chi connectivity index (χ1v) is 10.6. The van der Waals surface area contributed by atoms with Crippen LogP contribution in [-0.2, 0) is 4.79 Å². The number of halogens is 2. The van der Waals surface area contributed by atoms with Crippen LogP contribution in [0.1, 0.15) is 17.0 Å². The molecule has 170 valence electrons. The van der Waals surface area contributed by atoms with Crippen molar-refractivity contribution < 1.29 is 13.6 Å². The average molecular weight is 450 g/mol. The average Bonchev–Trinajstić information content (AvgIpc) is 2.79. The van der Waals surface area contributed by atoms with Gasteiger partial charge >= 0.3 is 0 Å². The Balaban J connectivity index is 1.39. The minimum atomic E-state index is -0.574. The highest BCUT2D eigenvalue weighted by Crippen LogP contribution is 2.21. The van der Waals surface area contributed by atoms with Crippen molar-refractivity contribution in [2.45, 2.75) is 13.8 Å². The first-order valence-electron chi connectivity index (χ1n) is 10.6. The van der Waals surface area contributed by atoms with Gasteiger partial charge in [0.05, 0.1) is 0 Å². The van der Waals surface area contributed by atoms with Gasteiger partial charge in [-0.05, 0) is 55.8 Å². The topological polar surface area (TPSA) is 74.2 Å². The lowest BCUT2D eigenvalue weighted by Crippen LogP contribution is -2.48. The molecule has 0 atom stereocenters. The number of carbonyl (C=O) groups is 1. The monoisotopic (exact) mass is 450 g/mol. The van der Waals surface area contributed by atoms with Crippen molar-refractivity contribution in [2.75, 3.05) is 36.4 Å². The number of pyridine rings is 1. The molecule has 0 spiro atoms. The van der Waals surface area contributed by atoms with E-state index in [1.165, 1.54) is 12.2 Å². The largest absolute Gasteiger partial charge is 0.353 e. The second-order valence-electron chi connectivity index (χ2n) is 7.81. The highest BCUT2D eigenvalue weighted by Gasteiger charge is 2.21. The molecule has 1 fully saturated rings. The van der Waals surface area contributed by atoms with Gasteiger partial charge in [0, 0.05) is 50.1 Å². The summed E-state index contributed by atoms with van der Waals surface area (Å²) in [5, 5.41) is 3.21. The number of rotatable bonds is 5.